The van der Waals surface area contributed by atoms with Crippen LogP contribution in [-0.4, -0.2) is 42.1 Å². The van der Waals surface area contributed by atoms with Crippen LogP contribution < -0.4 is 5.32 Å². The number of ether oxygens (including phenoxy) is 1. The van der Waals surface area contributed by atoms with Crippen LogP contribution in [0.15, 0.2) is 30.3 Å². The van der Waals surface area contributed by atoms with Crippen molar-refractivity contribution >= 4 is 0 Å². The highest BCUT2D eigenvalue weighted by atomic mass is 16.5. The van der Waals surface area contributed by atoms with Crippen molar-refractivity contribution in [1.82, 2.24) is 5.32 Å². The van der Waals surface area contributed by atoms with E-state index >= 15 is 0 Å². The maximum absolute atomic E-state index is 9.82. The normalized spacial score (nSPS) is 23.9. The molecule has 3 unspecified atom stereocenters. The predicted octanol–water partition coefficient (Wildman–Crippen LogP) is 1.31. The minimum atomic E-state index is -0.503. The van der Waals surface area contributed by atoms with Gasteiger partial charge in [0, 0.05) is 13.1 Å². The number of hydrogen-bond acceptors (Lipinski definition) is 4. The van der Waals surface area contributed by atoms with E-state index in [0.29, 0.717) is 25.7 Å². The Hall–Kier alpha value is -0.940. The average molecular weight is 279 g/mol. The summed E-state index contributed by atoms with van der Waals surface area (Å²) < 4.78 is 5.49. The quantitative estimate of drug-likeness (QED) is 0.671. The zero-order valence-electron chi connectivity index (χ0n) is 11.9. The predicted molar refractivity (Wildman–Crippen MR) is 78.3 cm³/mol. The second kappa shape index (κ2) is 8.37. The highest BCUT2D eigenvalue weighted by Crippen LogP contribution is 2.24. The Balaban J connectivity index is 1.53. The third-order valence-corrected chi connectivity index (χ3v) is 3.83. The lowest BCUT2D eigenvalue weighted by Gasteiger charge is -2.17. The van der Waals surface area contributed by atoms with E-state index in [-0.39, 0.29) is 6.10 Å². The highest BCUT2D eigenvalue weighted by molar-refractivity contribution is 5.13. The van der Waals surface area contributed by atoms with Crippen LogP contribution in [0.1, 0.15) is 24.8 Å². The molecule has 1 aromatic rings. The summed E-state index contributed by atoms with van der Waals surface area (Å²) in [6.07, 6.45) is 2.42. The van der Waals surface area contributed by atoms with Crippen molar-refractivity contribution in [2.45, 2.75) is 38.1 Å². The second-order valence-corrected chi connectivity index (χ2v) is 5.57. The topological polar surface area (TPSA) is 61.7 Å². The molecule has 0 aliphatic heterocycles. The first-order valence-electron chi connectivity index (χ1n) is 7.44. The SMILES string of the molecule is OC(CNCC1CCCC1O)COCc1ccccc1. The van der Waals surface area contributed by atoms with Crippen LogP contribution in [0.25, 0.3) is 0 Å². The van der Waals surface area contributed by atoms with Gasteiger partial charge in [-0.1, -0.05) is 36.8 Å². The first-order chi connectivity index (χ1) is 9.75. The van der Waals surface area contributed by atoms with Crippen molar-refractivity contribution in [2.75, 3.05) is 19.7 Å². The Morgan fingerprint density at radius 3 is 2.75 bits per heavy atom. The fraction of sp³-hybridized carbons (Fsp3) is 0.625. The van der Waals surface area contributed by atoms with E-state index < -0.39 is 6.10 Å². The Labute approximate surface area is 120 Å². The molecule has 20 heavy (non-hydrogen) atoms. The van der Waals surface area contributed by atoms with Gasteiger partial charge in [0.25, 0.3) is 0 Å². The zero-order chi connectivity index (χ0) is 14.2. The number of rotatable bonds is 8. The van der Waals surface area contributed by atoms with Crippen LogP contribution in [0.2, 0.25) is 0 Å². The van der Waals surface area contributed by atoms with E-state index in [9.17, 15) is 10.2 Å². The van der Waals surface area contributed by atoms with Crippen LogP contribution in [-0.2, 0) is 11.3 Å². The largest absolute Gasteiger partial charge is 0.393 e. The van der Waals surface area contributed by atoms with Gasteiger partial charge >= 0.3 is 0 Å². The molecule has 1 aromatic carbocycles. The summed E-state index contributed by atoms with van der Waals surface area (Å²) in [5.41, 5.74) is 1.11. The van der Waals surface area contributed by atoms with Crippen LogP contribution in [0.4, 0.5) is 0 Å². The fourth-order valence-corrected chi connectivity index (χ4v) is 2.64. The number of hydrogen-bond donors (Lipinski definition) is 3. The van der Waals surface area contributed by atoms with Crippen LogP contribution in [0.5, 0.6) is 0 Å². The Bertz CT molecular complexity index is 371. The molecule has 4 nitrogen and oxygen atoms in total. The molecule has 1 aliphatic rings. The van der Waals surface area contributed by atoms with Gasteiger partial charge in [-0.3, -0.25) is 0 Å². The second-order valence-electron chi connectivity index (χ2n) is 5.57. The molecular formula is C16H25NO3. The van der Waals surface area contributed by atoms with Gasteiger partial charge in [-0.15, -0.1) is 0 Å². The maximum atomic E-state index is 9.82. The molecule has 2 rings (SSSR count). The molecule has 0 aromatic heterocycles. The van der Waals surface area contributed by atoms with Gasteiger partial charge in [0.1, 0.15) is 0 Å². The van der Waals surface area contributed by atoms with Crippen molar-refractivity contribution in [2.24, 2.45) is 5.92 Å². The monoisotopic (exact) mass is 279 g/mol. The number of benzene rings is 1. The van der Waals surface area contributed by atoms with Gasteiger partial charge in [-0.2, -0.15) is 0 Å². The van der Waals surface area contributed by atoms with Gasteiger partial charge in [-0.05, 0) is 24.3 Å². The Morgan fingerprint density at radius 1 is 1.25 bits per heavy atom. The van der Waals surface area contributed by atoms with Gasteiger partial charge < -0.3 is 20.3 Å². The Kier molecular flexibility index (Phi) is 6.47. The van der Waals surface area contributed by atoms with E-state index in [4.69, 9.17) is 4.74 Å². The molecule has 1 saturated carbocycles. The van der Waals surface area contributed by atoms with E-state index in [2.05, 4.69) is 5.32 Å². The standard InChI is InChI=1S/C16H25NO3/c18-15(10-17-9-14-7-4-8-16(14)19)12-20-11-13-5-2-1-3-6-13/h1-3,5-6,14-19H,4,7-12H2. The molecule has 1 fully saturated rings. The smallest absolute Gasteiger partial charge is 0.0897 e. The summed E-state index contributed by atoms with van der Waals surface area (Å²) >= 11 is 0. The molecule has 3 N–H and O–H groups in total. The lowest BCUT2D eigenvalue weighted by molar-refractivity contribution is 0.0276. The Morgan fingerprint density at radius 2 is 2.05 bits per heavy atom. The molecule has 0 bridgehead atoms. The molecule has 0 heterocycles. The molecule has 0 radical (unpaired) electrons. The summed E-state index contributed by atoms with van der Waals surface area (Å²) in [6, 6.07) is 9.94. The minimum absolute atomic E-state index is 0.172. The minimum Gasteiger partial charge on any atom is -0.393 e. The van der Waals surface area contributed by atoms with E-state index in [0.717, 1.165) is 31.4 Å². The lowest BCUT2D eigenvalue weighted by atomic mass is 10.1. The molecule has 0 amide bonds. The first kappa shape index (κ1) is 15.4. The molecule has 1 aliphatic carbocycles. The zero-order valence-corrected chi connectivity index (χ0v) is 11.9. The first-order valence-corrected chi connectivity index (χ1v) is 7.44. The average Bonchev–Trinajstić information content (AvgIpc) is 2.86. The number of aliphatic hydroxyl groups excluding tert-OH is 2. The van der Waals surface area contributed by atoms with E-state index in [1.165, 1.54) is 0 Å². The maximum Gasteiger partial charge on any atom is 0.0897 e. The van der Waals surface area contributed by atoms with Gasteiger partial charge in [-0.25, -0.2) is 0 Å². The molecule has 4 heteroatoms. The van der Waals surface area contributed by atoms with Crippen LogP contribution in [0.3, 0.4) is 0 Å². The summed E-state index contributed by atoms with van der Waals surface area (Å²) in [6.45, 7) is 2.14. The molecule has 0 spiro atoms. The summed E-state index contributed by atoms with van der Waals surface area (Å²) in [4.78, 5) is 0. The van der Waals surface area contributed by atoms with Crippen LogP contribution >= 0.6 is 0 Å². The van der Waals surface area contributed by atoms with Gasteiger partial charge in [0.2, 0.25) is 0 Å². The molecule has 112 valence electrons. The van der Waals surface area contributed by atoms with E-state index in [1.807, 2.05) is 30.3 Å². The van der Waals surface area contributed by atoms with Gasteiger partial charge in [0.15, 0.2) is 0 Å². The molecular weight excluding hydrogens is 254 g/mol. The lowest BCUT2D eigenvalue weighted by Crippen LogP contribution is -2.35. The summed E-state index contributed by atoms with van der Waals surface area (Å²) in [5.74, 6) is 0.340. The van der Waals surface area contributed by atoms with E-state index in [1.54, 1.807) is 0 Å². The summed E-state index contributed by atoms with van der Waals surface area (Å²) in [5, 5.41) is 22.7. The number of aliphatic hydroxyl groups is 2. The highest BCUT2D eigenvalue weighted by Gasteiger charge is 2.24. The van der Waals surface area contributed by atoms with Gasteiger partial charge in [0.05, 0.1) is 25.4 Å². The van der Waals surface area contributed by atoms with Crippen molar-refractivity contribution in [3.63, 3.8) is 0 Å². The summed E-state index contributed by atoms with van der Waals surface area (Å²) in [7, 11) is 0. The van der Waals surface area contributed by atoms with Crippen molar-refractivity contribution < 1.29 is 14.9 Å². The fourth-order valence-electron chi connectivity index (χ4n) is 2.64. The van der Waals surface area contributed by atoms with Crippen molar-refractivity contribution in [3.05, 3.63) is 35.9 Å². The third-order valence-electron chi connectivity index (χ3n) is 3.83. The number of nitrogens with one attached hydrogen (secondary N) is 1. The van der Waals surface area contributed by atoms with Crippen LogP contribution in [0, 0.1) is 5.92 Å². The molecule has 0 saturated heterocycles. The van der Waals surface area contributed by atoms with Crippen molar-refractivity contribution in [1.29, 1.82) is 0 Å². The third kappa shape index (κ3) is 5.21. The molecule has 3 atom stereocenters. The van der Waals surface area contributed by atoms with Crippen molar-refractivity contribution in [3.8, 4) is 0 Å².